The number of nitrogens with one attached hydrogen (secondary N) is 1. The molecule has 0 aromatic heterocycles. The van der Waals surface area contributed by atoms with Crippen molar-refractivity contribution in [3.8, 4) is 0 Å². The summed E-state index contributed by atoms with van der Waals surface area (Å²) in [6.07, 6.45) is 0.691. The second kappa shape index (κ2) is 6.73. The Morgan fingerprint density at radius 1 is 1.37 bits per heavy atom. The standard InChI is InChI=1S/C14H19BN2O2/c15-14(19)16-13-10-17(9-12(13)6-7-18)8-11-4-2-1-3-5-11/h1-5,12-13,18H,6-10H2,(H,16,19)/t12-,13?/m0/s1. The van der Waals surface area contributed by atoms with Gasteiger partial charge in [-0.15, -0.1) is 0 Å². The highest BCUT2D eigenvalue weighted by Gasteiger charge is 2.32. The van der Waals surface area contributed by atoms with Crippen molar-refractivity contribution in [1.82, 2.24) is 10.2 Å². The van der Waals surface area contributed by atoms with Crippen LogP contribution >= 0.6 is 0 Å². The predicted molar refractivity (Wildman–Crippen MR) is 75.0 cm³/mol. The lowest BCUT2D eigenvalue weighted by molar-refractivity contribution is 0.236. The molecule has 1 aliphatic rings. The average Bonchev–Trinajstić information content (AvgIpc) is 2.72. The summed E-state index contributed by atoms with van der Waals surface area (Å²) in [6, 6.07) is 10.3. The molecule has 2 N–H and O–H groups in total. The van der Waals surface area contributed by atoms with Gasteiger partial charge in [-0.3, -0.25) is 9.69 Å². The molecule has 1 aromatic rings. The lowest BCUT2D eigenvalue weighted by Gasteiger charge is -2.18. The Morgan fingerprint density at radius 2 is 2.11 bits per heavy atom. The lowest BCUT2D eigenvalue weighted by atomic mass is 9.98. The third-order valence-corrected chi connectivity index (χ3v) is 3.59. The van der Waals surface area contributed by atoms with Gasteiger partial charge in [0, 0.05) is 32.3 Å². The van der Waals surface area contributed by atoms with Gasteiger partial charge in [-0.1, -0.05) is 30.3 Å². The zero-order chi connectivity index (χ0) is 13.7. The van der Waals surface area contributed by atoms with Crippen LogP contribution in [0.3, 0.4) is 0 Å². The van der Waals surface area contributed by atoms with E-state index in [1.165, 1.54) is 5.56 Å². The molecule has 4 nitrogen and oxygen atoms in total. The van der Waals surface area contributed by atoms with Gasteiger partial charge < -0.3 is 10.4 Å². The van der Waals surface area contributed by atoms with Gasteiger partial charge in [0.1, 0.15) is 0 Å². The predicted octanol–water partition coefficient (Wildman–Crippen LogP) is 0.747. The van der Waals surface area contributed by atoms with E-state index >= 15 is 0 Å². The lowest BCUT2D eigenvalue weighted by Crippen LogP contribution is -2.40. The molecule has 1 fully saturated rings. The Morgan fingerprint density at radius 3 is 2.74 bits per heavy atom. The molecule has 19 heavy (non-hydrogen) atoms. The summed E-state index contributed by atoms with van der Waals surface area (Å²) in [4.78, 5) is 13.3. The van der Waals surface area contributed by atoms with Gasteiger partial charge in [-0.25, -0.2) is 0 Å². The fraction of sp³-hybridized carbons (Fsp3) is 0.500. The molecule has 2 rings (SSSR count). The summed E-state index contributed by atoms with van der Waals surface area (Å²) in [7, 11) is 5.20. The summed E-state index contributed by atoms with van der Waals surface area (Å²) in [5.74, 6) is -0.226. The van der Waals surface area contributed by atoms with Crippen LogP contribution in [0.25, 0.3) is 0 Å². The second-order valence-electron chi connectivity index (χ2n) is 5.07. The van der Waals surface area contributed by atoms with Crippen molar-refractivity contribution in [2.75, 3.05) is 19.7 Å². The van der Waals surface area contributed by atoms with Crippen molar-refractivity contribution in [1.29, 1.82) is 0 Å². The Kier molecular flexibility index (Phi) is 4.99. The zero-order valence-electron chi connectivity index (χ0n) is 11.0. The molecular formula is C14H19BN2O2. The van der Waals surface area contributed by atoms with Gasteiger partial charge in [0.15, 0.2) is 5.81 Å². The Hall–Kier alpha value is -1.33. The molecular weight excluding hydrogens is 239 g/mol. The van der Waals surface area contributed by atoms with E-state index < -0.39 is 5.81 Å². The van der Waals surface area contributed by atoms with E-state index in [9.17, 15) is 4.79 Å². The molecule has 0 bridgehead atoms. The van der Waals surface area contributed by atoms with Crippen molar-refractivity contribution in [3.05, 3.63) is 35.9 Å². The molecule has 2 atom stereocenters. The summed E-state index contributed by atoms with van der Waals surface area (Å²) < 4.78 is 0. The van der Waals surface area contributed by atoms with Crippen LogP contribution in [0.2, 0.25) is 0 Å². The van der Waals surface area contributed by atoms with Crippen LogP contribution in [0, 0.1) is 5.92 Å². The number of benzene rings is 1. The summed E-state index contributed by atoms with van der Waals surface area (Å²) >= 11 is 0. The second-order valence-corrected chi connectivity index (χ2v) is 5.07. The molecule has 0 spiro atoms. The van der Waals surface area contributed by atoms with E-state index in [2.05, 4.69) is 22.3 Å². The highest BCUT2D eigenvalue weighted by molar-refractivity contribution is 6.57. The van der Waals surface area contributed by atoms with Gasteiger partial charge in [-0.05, 0) is 17.9 Å². The van der Waals surface area contributed by atoms with Gasteiger partial charge in [0.05, 0.1) is 0 Å². The van der Waals surface area contributed by atoms with Crippen LogP contribution < -0.4 is 5.32 Å². The molecule has 1 aliphatic heterocycles. The van der Waals surface area contributed by atoms with Gasteiger partial charge in [0.2, 0.25) is 7.85 Å². The third kappa shape index (κ3) is 4.08. The van der Waals surface area contributed by atoms with E-state index in [1.807, 2.05) is 18.2 Å². The van der Waals surface area contributed by atoms with Crippen molar-refractivity contribution >= 4 is 13.7 Å². The quantitative estimate of drug-likeness (QED) is 0.766. The maximum atomic E-state index is 11.0. The van der Waals surface area contributed by atoms with Crippen molar-refractivity contribution in [3.63, 3.8) is 0 Å². The number of likely N-dealkylation sites (tertiary alicyclic amines) is 1. The molecule has 0 aliphatic carbocycles. The van der Waals surface area contributed by atoms with Crippen molar-refractivity contribution in [2.24, 2.45) is 5.92 Å². The SMILES string of the molecule is [B]C(=O)NC1CN(Cc2ccccc2)C[C@@H]1CCO. The number of amides is 1. The zero-order valence-corrected chi connectivity index (χ0v) is 11.0. The number of aliphatic hydroxyl groups is 1. The fourth-order valence-corrected chi connectivity index (χ4v) is 2.74. The van der Waals surface area contributed by atoms with Gasteiger partial charge in [0.25, 0.3) is 0 Å². The van der Waals surface area contributed by atoms with Crippen LogP contribution in [0.15, 0.2) is 30.3 Å². The molecule has 2 radical (unpaired) electrons. The minimum atomic E-state index is -0.491. The largest absolute Gasteiger partial charge is 0.396 e. The molecule has 5 heteroatoms. The van der Waals surface area contributed by atoms with Crippen molar-refractivity contribution < 1.29 is 9.90 Å². The van der Waals surface area contributed by atoms with E-state index in [-0.39, 0.29) is 18.6 Å². The topological polar surface area (TPSA) is 52.6 Å². The normalized spacial score (nSPS) is 23.4. The highest BCUT2D eigenvalue weighted by Crippen LogP contribution is 2.22. The summed E-state index contributed by atoms with van der Waals surface area (Å²) in [5, 5.41) is 11.9. The Labute approximate surface area is 115 Å². The third-order valence-electron chi connectivity index (χ3n) is 3.59. The van der Waals surface area contributed by atoms with E-state index in [0.29, 0.717) is 6.42 Å². The maximum Gasteiger partial charge on any atom is 0.200 e. The first kappa shape index (κ1) is 14.1. The van der Waals surface area contributed by atoms with Crippen LogP contribution in [0.5, 0.6) is 0 Å². The first-order valence-corrected chi connectivity index (χ1v) is 6.62. The summed E-state index contributed by atoms with van der Waals surface area (Å²) in [5.41, 5.74) is 1.25. The molecule has 0 saturated carbocycles. The minimum absolute atomic E-state index is 0.0355. The van der Waals surface area contributed by atoms with E-state index in [4.69, 9.17) is 13.0 Å². The van der Waals surface area contributed by atoms with Gasteiger partial charge >= 0.3 is 0 Å². The number of rotatable bonds is 5. The highest BCUT2D eigenvalue weighted by atomic mass is 16.3. The van der Waals surface area contributed by atoms with E-state index in [0.717, 1.165) is 19.6 Å². The molecule has 1 heterocycles. The number of hydrogen-bond donors (Lipinski definition) is 2. The first-order valence-electron chi connectivity index (χ1n) is 6.62. The first-order chi connectivity index (χ1) is 9.19. The van der Waals surface area contributed by atoms with E-state index in [1.54, 1.807) is 0 Å². The molecule has 1 aromatic carbocycles. The van der Waals surface area contributed by atoms with Crippen LogP contribution in [-0.2, 0) is 6.54 Å². The molecule has 1 amide bonds. The fourth-order valence-electron chi connectivity index (χ4n) is 2.74. The number of carbonyl (C=O) groups excluding carboxylic acids is 1. The number of carbonyl (C=O) groups is 1. The number of aliphatic hydroxyl groups excluding tert-OH is 1. The maximum absolute atomic E-state index is 11.0. The number of hydrogen-bond acceptors (Lipinski definition) is 3. The molecule has 1 saturated heterocycles. The Balaban J connectivity index is 1.95. The average molecular weight is 258 g/mol. The Bertz CT molecular complexity index is 413. The molecule has 100 valence electrons. The molecule has 1 unspecified atom stereocenters. The van der Waals surface area contributed by atoms with Crippen LogP contribution in [0.1, 0.15) is 12.0 Å². The monoisotopic (exact) mass is 258 g/mol. The van der Waals surface area contributed by atoms with Crippen LogP contribution in [-0.4, -0.2) is 49.4 Å². The van der Waals surface area contributed by atoms with Crippen molar-refractivity contribution in [2.45, 2.75) is 19.0 Å². The van der Waals surface area contributed by atoms with Crippen LogP contribution in [0.4, 0.5) is 4.79 Å². The van der Waals surface area contributed by atoms with Gasteiger partial charge in [-0.2, -0.15) is 0 Å². The smallest absolute Gasteiger partial charge is 0.200 e. The number of nitrogens with zero attached hydrogens (tertiary/aromatic N) is 1. The minimum Gasteiger partial charge on any atom is -0.396 e. The summed E-state index contributed by atoms with van der Waals surface area (Å²) in [6.45, 7) is 2.66.